The molecule has 458 valence electrons. The van der Waals surface area contributed by atoms with E-state index in [4.69, 9.17) is 14.2 Å². The first kappa shape index (κ1) is 75.8. The van der Waals surface area contributed by atoms with Crippen LogP contribution in [-0.4, -0.2) is 37.2 Å². The van der Waals surface area contributed by atoms with Crippen molar-refractivity contribution >= 4 is 17.9 Å². The Hall–Kier alpha value is -3.15. The van der Waals surface area contributed by atoms with E-state index in [2.05, 4.69) is 93.7 Å². The Morgan fingerprint density at radius 3 is 0.797 bits per heavy atom. The standard InChI is InChI=1S/C73H130O6/c1-4-7-10-13-16-19-22-25-28-31-34-36-39-42-45-48-51-54-57-60-63-66-72(75)78-69-70(68-77-71(74)65-62-59-56-53-50-47-44-41-38-33-30-27-24-21-18-15-12-9-6-3)79-73(76)67-64-61-58-55-52-49-46-43-40-37-35-32-29-26-23-20-17-14-11-8-5-2/h9,12,18,21,27,30-31,34,38,41,47,50,70H,4-8,10-11,13-17,19-20,22-26,28-29,32-33,35-37,39-40,42-46,48-49,51-69H2,1-3H3/b12-9-,21-18-,30-27-,34-31-,41-38-,50-47-. The lowest BCUT2D eigenvalue weighted by molar-refractivity contribution is -0.167. The quantitative estimate of drug-likeness (QED) is 0.0261. The maximum absolute atomic E-state index is 13.0. The molecule has 0 aromatic heterocycles. The van der Waals surface area contributed by atoms with Crippen molar-refractivity contribution in [2.75, 3.05) is 13.2 Å². The normalized spacial score (nSPS) is 12.5. The van der Waals surface area contributed by atoms with Crippen LogP contribution < -0.4 is 0 Å². The van der Waals surface area contributed by atoms with Crippen molar-refractivity contribution in [3.63, 3.8) is 0 Å². The van der Waals surface area contributed by atoms with Crippen LogP contribution in [0.15, 0.2) is 72.9 Å². The van der Waals surface area contributed by atoms with Gasteiger partial charge in [-0.05, 0) is 89.9 Å². The summed E-state index contributed by atoms with van der Waals surface area (Å²) in [6.07, 6.45) is 87.8. The molecule has 0 aliphatic heterocycles. The van der Waals surface area contributed by atoms with E-state index in [-0.39, 0.29) is 31.1 Å². The van der Waals surface area contributed by atoms with Crippen molar-refractivity contribution in [1.29, 1.82) is 0 Å². The van der Waals surface area contributed by atoms with Gasteiger partial charge in [0, 0.05) is 19.3 Å². The zero-order valence-corrected chi connectivity index (χ0v) is 52.6. The molecular formula is C73H130O6. The molecule has 0 aliphatic rings. The van der Waals surface area contributed by atoms with Gasteiger partial charge in [-0.3, -0.25) is 14.4 Å². The minimum absolute atomic E-state index is 0.0839. The number of carbonyl (C=O) groups excluding carboxylic acids is 3. The second-order valence-electron chi connectivity index (χ2n) is 23.1. The lowest BCUT2D eigenvalue weighted by atomic mass is 10.0. The van der Waals surface area contributed by atoms with Crippen molar-refractivity contribution < 1.29 is 28.6 Å². The van der Waals surface area contributed by atoms with E-state index in [0.717, 1.165) is 96.3 Å². The molecule has 0 saturated carbocycles. The molecule has 0 aromatic carbocycles. The number of unbranched alkanes of at least 4 members (excludes halogenated alkanes) is 40. The molecule has 0 fully saturated rings. The van der Waals surface area contributed by atoms with E-state index in [1.54, 1.807) is 0 Å². The van der Waals surface area contributed by atoms with Crippen molar-refractivity contribution in [2.45, 2.75) is 361 Å². The van der Waals surface area contributed by atoms with E-state index in [1.807, 2.05) is 0 Å². The fraction of sp³-hybridized carbons (Fsp3) is 0.795. The summed E-state index contributed by atoms with van der Waals surface area (Å²) in [7, 11) is 0. The average molecular weight is 1100 g/mol. The molecule has 0 aliphatic carbocycles. The zero-order chi connectivity index (χ0) is 57.1. The molecule has 0 heterocycles. The van der Waals surface area contributed by atoms with Gasteiger partial charge >= 0.3 is 17.9 Å². The third-order valence-corrected chi connectivity index (χ3v) is 15.2. The van der Waals surface area contributed by atoms with Crippen LogP contribution in [0.3, 0.4) is 0 Å². The van der Waals surface area contributed by atoms with E-state index >= 15 is 0 Å². The number of esters is 3. The number of allylic oxidation sites excluding steroid dienone is 12. The lowest BCUT2D eigenvalue weighted by Crippen LogP contribution is -2.30. The first-order valence-electron chi connectivity index (χ1n) is 34.4. The average Bonchev–Trinajstić information content (AvgIpc) is 3.45. The molecule has 6 heteroatoms. The van der Waals surface area contributed by atoms with Crippen LogP contribution in [0.4, 0.5) is 0 Å². The third kappa shape index (κ3) is 65.5. The van der Waals surface area contributed by atoms with E-state index in [1.165, 1.54) is 218 Å². The number of hydrogen-bond donors (Lipinski definition) is 0. The lowest BCUT2D eigenvalue weighted by Gasteiger charge is -2.18. The fourth-order valence-corrected chi connectivity index (χ4v) is 10.1. The highest BCUT2D eigenvalue weighted by Crippen LogP contribution is 2.18. The van der Waals surface area contributed by atoms with E-state index in [9.17, 15) is 14.4 Å². The third-order valence-electron chi connectivity index (χ3n) is 15.2. The monoisotopic (exact) mass is 1100 g/mol. The largest absolute Gasteiger partial charge is 0.462 e. The van der Waals surface area contributed by atoms with Gasteiger partial charge in [-0.15, -0.1) is 0 Å². The highest BCUT2D eigenvalue weighted by atomic mass is 16.6. The van der Waals surface area contributed by atoms with Gasteiger partial charge < -0.3 is 14.2 Å². The molecule has 0 saturated heterocycles. The first-order chi connectivity index (χ1) is 39.0. The molecule has 0 aromatic rings. The van der Waals surface area contributed by atoms with Crippen LogP contribution in [0.5, 0.6) is 0 Å². The number of hydrogen-bond acceptors (Lipinski definition) is 6. The van der Waals surface area contributed by atoms with Gasteiger partial charge in [0.05, 0.1) is 0 Å². The van der Waals surface area contributed by atoms with Gasteiger partial charge in [-0.2, -0.15) is 0 Å². The van der Waals surface area contributed by atoms with E-state index < -0.39 is 6.10 Å². The maximum Gasteiger partial charge on any atom is 0.306 e. The Kier molecular flexibility index (Phi) is 64.7. The Morgan fingerprint density at radius 1 is 0.266 bits per heavy atom. The summed E-state index contributed by atoms with van der Waals surface area (Å²) in [5.74, 6) is -0.898. The molecule has 79 heavy (non-hydrogen) atoms. The molecule has 6 nitrogen and oxygen atoms in total. The minimum Gasteiger partial charge on any atom is -0.462 e. The van der Waals surface area contributed by atoms with Crippen LogP contribution >= 0.6 is 0 Å². The van der Waals surface area contributed by atoms with E-state index in [0.29, 0.717) is 19.3 Å². The van der Waals surface area contributed by atoms with Crippen LogP contribution in [0.25, 0.3) is 0 Å². The van der Waals surface area contributed by atoms with Crippen molar-refractivity contribution in [3.8, 4) is 0 Å². The van der Waals surface area contributed by atoms with Crippen LogP contribution in [0.2, 0.25) is 0 Å². The molecule has 1 unspecified atom stereocenters. The minimum atomic E-state index is -0.790. The molecule has 1 atom stereocenters. The molecule has 0 rings (SSSR count). The van der Waals surface area contributed by atoms with Crippen LogP contribution in [-0.2, 0) is 28.6 Å². The predicted molar refractivity (Wildman–Crippen MR) is 344 cm³/mol. The second kappa shape index (κ2) is 67.4. The second-order valence-corrected chi connectivity index (χ2v) is 23.1. The highest BCUT2D eigenvalue weighted by molar-refractivity contribution is 5.71. The summed E-state index contributed by atoms with van der Waals surface area (Å²) in [5, 5.41) is 0. The molecular weight excluding hydrogens is 973 g/mol. The first-order valence-corrected chi connectivity index (χ1v) is 34.4. The topological polar surface area (TPSA) is 78.9 Å². The van der Waals surface area contributed by atoms with Gasteiger partial charge in [0.1, 0.15) is 13.2 Å². The Labute approximate surface area is 491 Å². The van der Waals surface area contributed by atoms with Gasteiger partial charge in [0.25, 0.3) is 0 Å². The molecule has 0 bridgehead atoms. The number of carbonyl (C=O) groups is 3. The SMILES string of the molecule is CC/C=C\C/C=C\C/C=C\C/C=C\C/C=C\CCCCCC(=O)OCC(COC(=O)CCCCCCCCCCC/C=C\CCCCCCCCCC)OC(=O)CCCCCCCCCCCCCCCCCCCCCCC. The van der Waals surface area contributed by atoms with Gasteiger partial charge in [-0.25, -0.2) is 0 Å². The molecule has 0 N–H and O–H groups in total. The molecule has 0 amide bonds. The van der Waals surface area contributed by atoms with Crippen molar-refractivity contribution in [1.82, 2.24) is 0 Å². The van der Waals surface area contributed by atoms with Crippen LogP contribution in [0.1, 0.15) is 355 Å². The summed E-state index contributed by atoms with van der Waals surface area (Å²) < 4.78 is 17.0. The number of ether oxygens (including phenoxy) is 3. The van der Waals surface area contributed by atoms with Crippen LogP contribution in [0, 0.1) is 0 Å². The number of rotatable bonds is 63. The zero-order valence-electron chi connectivity index (χ0n) is 52.6. The fourth-order valence-electron chi connectivity index (χ4n) is 10.1. The Balaban J connectivity index is 4.39. The Bertz CT molecular complexity index is 1450. The maximum atomic E-state index is 13.0. The smallest absolute Gasteiger partial charge is 0.306 e. The van der Waals surface area contributed by atoms with Crippen molar-refractivity contribution in [2.24, 2.45) is 0 Å². The Morgan fingerprint density at radius 2 is 0.494 bits per heavy atom. The summed E-state index contributed by atoms with van der Waals surface area (Å²) in [4.78, 5) is 38.4. The molecule has 0 radical (unpaired) electrons. The summed E-state index contributed by atoms with van der Waals surface area (Å²) in [6.45, 7) is 6.56. The molecule has 0 spiro atoms. The predicted octanol–water partition coefficient (Wildman–Crippen LogP) is 23.7. The van der Waals surface area contributed by atoms with Gasteiger partial charge in [-0.1, -0.05) is 318 Å². The van der Waals surface area contributed by atoms with Gasteiger partial charge in [0.15, 0.2) is 6.10 Å². The highest BCUT2D eigenvalue weighted by Gasteiger charge is 2.19. The summed E-state index contributed by atoms with van der Waals surface area (Å²) >= 11 is 0. The van der Waals surface area contributed by atoms with Crippen molar-refractivity contribution in [3.05, 3.63) is 72.9 Å². The summed E-state index contributed by atoms with van der Waals surface area (Å²) in [5.41, 5.74) is 0. The van der Waals surface area contributed by atoms with Gasteiger partial charge in [0.2, 0.25) is 0 Å². The summed E-state index contributed by atoms with van der Waals surface area (Å²) in [6, 6.07) is 0.